The van der Waals surface area contributed by atoms with Crippen LogP contribution in [0.5, 0.6) is 0 Å². The van der Waals surface area contributed by atoms with Crippen molar-refractivity contribution < 1.29 is 9.59 Å². The van der Waals surface area contributed by atoms with Crippen molar-refractivity contribution >= 4 is 23.2 Å². The van der Waals surface area contributed by atoms with Gasteiger partial charge in [0.25, 0.3) is 0 Å². The maximum Gasteiger partial charge on any atom is 0.242 e. The SMILES string of the molecule is CC(=O)N(CC(=O)N1CCN(c2ccccc2)CC1)c1ccccc1. The van der Waals surface area contributed by atoms with E-state index in [9.17, 15) is 9.59 Å². The Hall–Kier alpha value is -2.82. The molecule has 1 aliphatic heterocycles. The van der Waals surface area contributed by atoms with Crippen LogP contribution in [0.1, 0.15) is 6.92 Å². The standard InChI is InChI=1S/C20H23N3O2/c1-17(24)23(19-10-6-3-7-11-19)16-20(25)22-14-12-21(13-15-22)18-8-4-2-5-9-18/h2-11H,12-16H2,1H3. The van der Waals surface area contributed by atoms with Crippen LogP contribution in [-0.4, -0.2) is 49.4 Å². The molecule has 0 atom stereocenters. The van der Waals surface area contributed by atoms with Crippen LogP contribution in [0.4, 0.5) is 11.4 Å². The number of benzene rings is 2. The Morgan fingerprint density at radius 2 is 1.44 bits per heavy atom. The first-order chi connectivity index (χ1) is 12.1. The van der Waals surface area contributed by atoms with Crippen molar-refractivity contribution in [3.05, 3.63) is 60.7 Å². The van der Waals surface area contributed by atoms with Gasteiger partial charge in [-0.05, 0) is 24.3 Å². The van der Waals surface area contributed by atoms with E-state index in [1.807, 2.05) is 53.4 Å². The van der Waals surface area contributed by atoms with E-state index in [4.69, 9.17) is 0 Å². The minimum Gasteiger partial charge on any atom is -0.368 e. The van der Waals surface area contributed by atoms with E-state index in [0.717, 1.165) is 18.8 Å². The molecule has 0 unspecified atom stereocenters. The van der Waals surface area contributed by atoms with Crippen LogP contribution in [-0.2, 0) is 9.59 Å². The average molecular weight is 337 g/mol. The molecule has 0 aromatic heterocycles. The Balaban J connectivity index is 1.59. The van der Waals surface area contributed by atoms with Crippen molar-refractivity contribution in [3.63, 3.8) is 0 Å². The Bertz CT molecular complexity index is 710. The van der Waals surface area contributed by atoms with Gasteiger partial charge >= 0.3 is 0 Å². The topological polar surface area (TPSA) is 43.9 Å². The average Bonchev–Trinajstić information content (AvgIpc) is 2.67. The second-order valence-corrected chi connectivity index (χ2v) is 6.14. The smallest absolute Gasteiger partial charge is 0.242 e. The number of carbonyl (C=O) groups is 2. The third kappa shape index (κ3) is 4.18. The Labute approximate surface area is 148 Å². The number of rotatable bonds is 4. The zero-order chi connectivity index (χ0) is 17.6. The molecule has 0 N–H and O–H groups in total. The van der Waals surface area contributed by atoms with Gasteiger partial charge in [-0.2, -0.15) is 0 Å². The van der Waals surface area contributed by atoms with Gasteiger partial charge in [-0.25, -0.2) is 0 Å². The summed E-state index contributed by atoms with van der Waals surface area (Å²) in [6.07, 6.45) is 0. The van der Waals surface area contributed by atoms with Gasteiger partial charge in [0, 0.05) is 44.5 Å². The minimum atomic E-state index is -0.123. The predicted octanol–water partition coefficient (Wildman–Crippen LogP) is 2.39. The number of carbonyl (C=O) groups excluding carboxylic acids is 2. The number of hydrogen-bond donors (Lipinski definition) is 0. The van der Waals surface area contributed by atoms with Gasteiger partial charge in [0.2, 0.25) is 11.8 Å². The van der Waals surface area contributed by atoms with E-state index in [-0.39, 0.29) is 18.4 Å². The number of piperazine rings is 1. The summed E-state index contributed by atoms with van der Waals surface area (Å²) in [7, 11) is 0. The molecule has 0 saturated carbocycles. The van der Waals surface area contributed by atoms with Crippen LogP contribution >= 0.6 is 0 Å². The van der Waals surface area contributed by atoms with Crippen molar-refractivity contribution in [2.75, 3.05) is 42.5 Å². The highest BCUT2D eigenvalue weighted by atomic mass is 16.2. The maximum absolute atomic E-state index is 12.6. The lowest BCUT2D eigenvalue weighted by Gasteiger charge is -2.37. The molecule has 0 spiro atoms. The van der Waals surface area contributed by atoms with E-state index >= 15 is 0 Å². The summed E-state index contributed by atoms with van der Waals surface area (Å²) in [5, 5.41) is 0. The van der Waals surface area contributed by atoms with E-state index in [1.54, 1.807) is 0 Å². The van der Waals surface area contributed by atoms with Crippen LogP contribution in [0.15, 0.2) is 60.7 Å². The monoisotopic (exact) mass is 337 g/mol. The summed E-state index contributed by atoms with van der Waals surface area (Å²) in [5.74, 6) is -0.130. The number of hydrogen-bond acceptors (Lipinski definition) is 3. The van der Waals surface area contributed by atoms with Crippen molar-refractivity contribution in [1.82, 2.24) is 4.90 Å². The van der Waals surface area contributed by atoms with Gasteiger partial charge in [-0.1, -0.05) is 36.4 Å². The zero-order valence-electron chi connectivity index (χ0n) is 14.5. The largest absolute Gasteiger partial charge is 0.368 e. The molecule has 2 aromatic rings. The fourth-order valence-electron chi connectivity index (χ4n) is 3.08. The summed E-state index contributed by atoms with van der Waals surface area (Å²) in [6, 6.07) is 19.6. The first-order valence-electron chi connectivity index (χ1n) is 8.56. The van der Waals surface area contributed by atoms with E-state index in [2.05, 4.69) is 17.0 Å². The molecule has 5 nitrogen and oxygen atoms in total. The Morgan fingerprint density at radius 3 is 2.00 bits per heavy atom. The third-order valence-electron chi connectivity index (χ3n) is 4.50. The summed E-state index contributed by atoms with van der Waals surface area (Å²) < 4.78 is 0. The number of anilines is 2. The lowest BCUT2D eigenvalue weighted by atomic mass is 10.2. The fraction of sp³-hybridized carbons (Fsp3) is 0.300. The van der Waals surface area contributed by atoms with Crippen LogP contribution < -0.4 is 9.80 Å². The van der Waals surface area contributed by atoms with E-state index in [0.29, 0.717) is 13.1 Å². The van der Waals surface area contributed by atoms with Crippen molar-refractivity contribution in [3.8, 4) is 0 Å². The van der Waals surface area contributed by atoms with Gasteiger partial charge in [0.1, 0.15) is 6.54 Å². The van der Waals surface area contributed by atoms with E-state index in [1.165, 1.54) is 17.5 Å². The number of amides is 2. The van der Waals surface area contributed by atoms with Crippen LogP contribution in [0, 0.1) is 0 Å². The number of para-hydroxylation sites is 2. The Morgan fingerprint density at radius 1 is 0.880 bits per heavy atom. The highest BCUT2D eigenvalue weighted by Gasteiger charge is 2.24. The molecule has 1 aliphatic rings. The first kappa shape index (κ1) is 17.0. The van der Waals surface area contributed by atoms with Gasteiger partial charge in [-0.3, -0.25) is 9.59 Å². The molecule has 2 aromatic carbocycles. The Kier molecular flexibility index (Phi) is 5.33. The van der Waals surface area contributed by atoms with E-state index < -0.39 is 0 Å². The lowest BCUT2D eigenvalue weighted by molar-refractivity contribution is -0.131. The quantitative estimate of drug-likeness (QED) is 0.860. The molecular formula is C20H23N3O2. The summed E-state index contributed by atoms with van der Waals surface area (Å²) in [5.41, 5.74) is 1.94. The fourth-order valence-corrected chi connectivity index (χ4v) is 3.08. The summed E-state index contributed by atoms with van der Waals surface area (Å²) in [4.78, 5) is 30.3. The van der Waals surface area contributed by atoms with Gasteiger partial charge in [0.15, 0.2) is 0 Å². The molecule has 0 aliphatic carbocycles. The van der Waals surface area contributed by atoms with Gasteiger partial charge < -0.3 is 14.7 Å². The van der Waals surface area contributed by atoms with Gasteiger partial charge in [-0.15, -0.1) is 0 Å². The van der Waals surface area contributed by atoms with Gasteiger partial charge in [0.05, 0.1) is 0 Å². The molecule has 1 heterocycles. The normalized spacial score (nSPS) is 14.3. The molecule has 1 saturated heterocycles. The molecule has 1 fully saturated rings. The highest BCUT2D eigenvalue weighted by molar-refractivity contribution is 5.97. The van der Waals surface area contributed by atoms with Crippen LogP contribution in [0.3, 0.4) is 0 Å². The molecule has 0 bridgehead atoms. The van der Waals surface area contributed by atoms with Crippen LogP contribution in [0.25, 0.3) is 0 Å². The van der Waals surface area contributed by atoms with Crippen molar-refractivity contribution in [2.45, 2.75) is 6.92 Å². The first-order valence-corrected chi connectivity index (χ1v) is 8.56. The molecule has 2 amide bonds. The minimum absolute atomic E-state index is 0.00763. The molecule has 0 radical (unpaired) electrons. The second-order valence-electron chi connectivity index (χ2n) is 6.14. The third-order valence-corrected chi connectivity index (χ3v) is 4.50. The molecule has 3 rings (SSSR count). The lowest BCUT2D eigenvalue weighted by Crippen LogP contribution is -2.51. The number of nitrogens with zero attached hydrogens (tertiary/aromatic N) is 3. The summed E-state index contributed by atoms with van der Waals surface area (Å²) >= 11 is 0. The maximum atomic E-state index is 12.6. The highest BCUT2D eigenvalue weighted by Crippen LogP contribution is 2.17. The summed E-state index contributed by atoms with van der Waals surface area (Å²) in [6.45, 7) is 4.54. The second kappa shape index (κ2) is 7.83. The molecule has 130 valence electrons. The van der Waals surface area contributed by atoms with Crippen molar-refractivity contribution in [2.24, 2.45) is 0 Å². The van der Waals surface area contributed by atoms with Crippen molar-refractivity contribution in [1.29, 1.82) is 0 Å². The molecule has 5 heteroatoms. The molecular weight excluding hydrogens is 314 g/mol. The van der Waals surface area contributed by atoms with Crippen LogP contribution in [0.2, 0.25) is 0 Å². The zero-order valence-corrected chi connectivity index (χ0v) is 14.5. The molecule has 25 heavy (non-hydrogen) atoms. The predicted molar refractivity (Wildman–Crippen MR) is 99.7 cm³/mol.